The van der Waals surface area contributed by atoms with E-state index in [1.807, 2.05) is 53.4 Å². The Morgan fingerprint density at radius 2 is 1.79 bits per heavy atom. The molecular weight excluding hydrogens is 324 g/mol. The number of ether oxygens (including phenoxy) is 1. The molecule has 1 amide bonds. The number of hydrogen-bond acceptors (Lipinski definition) is 3. The second-order valence-electron chi connectivity index (χ2n) is 5.94. The quantitative estimate of drug-likeness (QED) is 0.923. The van der Waals surface area contributed by atoms with Crippen LogP contribution in [0.15, 0.2) is 48.5 Å². The normalized spacial score (nSPS) is 15.3. The number of carbonyl (C=O) groups is 1. The summed E-state index contributed by atoms with van der Waals surface area (Å²) in [7, 11) is 0. The first-order valence-corrected chi connectivity index (χ1v) is 8.54. The number of amides is 1. The van der Waals surface area contributed by atoms with Crippen LogP contribution in [-0.4, -0.2) is 30.0 Å². The van der Waals surface area contributed by atoms with Gasteiger partial charge in [-0.05, 0) is 29.8 Å². The molecule has 0 aliphatic carbocycles. The Bertz CT molecular complexity index is 695. The Balaban J connectivity index is 1.56. The Morgan fingerprint density at radius 1 is 1.12 bits per heavy atom. The van der Waals surface area contributed by atoms with Gasteiger partial charge in [-0.25, -0.2) is 0 Å². The van der Waals surface area contributed by atoms with Crippen LogP contribution in [0.5, 0.6) is 5.75 Å². The third-order valence-corrected chi connectivity index (χ3v) is 4.61. The van der Waals surface area contributed by atoms with E-state index < -0.39 is 0 Å². The summed E-state index contributed by atoms with van der Waals surface area (Å²) >= 11 is 6.13. The number of rotatable bonds is 4. The van der Waals surface area contributed by atoms with Gasteiger partial charge in [-0.1, -0.05) is 35.9 Å². The van der Waals surface area contributed by atoms with Gasteiger partial charge in [0.1, 0.15) is 11.9 Å². The average molecular weight is 345 g/mol. The lowest BCUT2D eigenvalue weighted by Crippen LogP contribution is -2.41. The van der Waals surface area contributed by atoms with Crippen LogP contribution in [0.1, 0.15) is 28.8 Å². The van der Waals surface area contributed by atoms with Gasteiger partial charge in [-0.15, -0.1) is 0 Å². The van der Waals surface area contributed by atoms with Crippen molar-refractivity contribution in [2.45, 2.75) is 25.5 Å². The highest BCUT2D eigenvalue weighted by Gasteiger charge is 2.25. The number of nitrogens with two attached hydrogens (primary N) is 1. The van der Waals surface area contributed by atoms with E-state index in [1.54, 1.807) is 0 Å². The van der Waals surface area contributed by atoms with Crippen molar-refractivity contribution >= 4 is 17.5 Å². The van der Waals surface area contributed by atoms with Gasteiger partial charge in [-0.3, -0.25) is 4.79 Å². The van der Waals surface area contributed by atoms with Crippen LogP contribution in [0.25, 0.3) is 0 Å². The summed E-state index contributed by atoms with van der Waals surface area (Å²) in [5.41, 5.74) is 7.32. The lowest BCUT2D eigenvalue weighted by Gasteiger charge is -2.32. The highest BCUT2D eigenvalue weighted by atomic mass is 35.5. The van der Waals surface area contributed by atoms with Crippen molar-refractivity contribution < 1.29 is 9.53 Å². The molecule has 1 fully saturated rings. The predicted molar refractivity (Wildman–Crippen MR) is 95.3 cm³/mol. The van der Waals surface area contributed by atoms with Crippen molar-refractivity contribution in [1.29, 1.82) is 0 Å². The van der Waals surface area contributed by atoms with Gasteiger partial charge in [-0.2, -0.15) is 0 Å². The molecule has 0 aromatic heterocycles. The summed E-state index contributed by atoms with van der Waals surface area (Å²) in [5.74, 6) is 0.774. The predicted octanol–water partition coefficient (Wildman–Crippen LogP) is 3.48. The van der Waals surface area contributed by atoms with E-state index in [4.69, 9.17) is 22.1 Å². The number of benzene rings is 2. The third-order valence-electron chi connectivity index (χ3n) is 4.30. The second kappa shape index (κ2) is 7.69. The van der Waals surface area contributed by atoms with Gasteiger partial charge in [0.15, 0.2) is 0 Å². The summed E-state index contributed by atoms with van der Waals surface area (Å²) in [4.78, 5) is 14.4. The molecule has 126 valence electrons. The lowest BCUT2D eigenvalue weighted by molar-refractivity contribution is 0.0595. The van der Waals surface area contributed by atoms with Crippen molar-refractivity contribution in [3.05, 3.63) is 64.7 Å². The number of carbonyl (C=O) groups excluding carboxylic acids is 1. The summed E-state index contributed by atoms with van der Waals surface area (Å²) in [5, 5.41) is 0.621. The van der Waals surface area contributed by atoms with Crippen molar-refractivity contribution in [3.8, 4) is 5.75 Å². The molecule has 0 unspecified atom stereocenters. The molecular formula is C19H21ClN2O2. The summed E-state index contributed by atoms with van der Waals surface area (Å²) in [6.45, 7) is 1.86. The Hall–Kier alpha value is -2.04. The van der Waals surface area contributed by atoms with E-state index in [1.165, 1.54) is 0 Å². The van der Waals surface area contributed by atoms with Crippen molar-refractivity contribution in [2.75, 3.05) is 13.1 Å². The van der Waals surface area contributed by atoms with E-state index in [-0.39, 0.29) is 12.0 Å². The second-order valence-corrected chi connectivity index (χ2v) is 6.35. The third kappa shape index (κ3) is 3.89. The smallest absolute Gasteiger partial charge is 0.253 e. The number of halogens is 1. The van der Waals surface area contributed by atoms with Gasteiger partial charge in [0, 0.05) is 38.0 Å². The van der Waals surface area contributed by atoms with Gasteiger partial charge in [0.2, 0.25) is 0 Å². The van der Waals surface area contributed by atoms with Crippen LogP contribution >= 0.6 is 11.6 Å². The maximum atomic E-state index is 12.6. The Morgan fingerprint density at radius 3 is 2.42 bits per heavy atom. The maximum absolute atomic E-state index is 12.6. The topological polar surface area (TPSA) is 55.6 Å². The number of piperidine rings is 1. The van der Waals surface area contributed by atoms with Gasteiger partial charge in [0.25, 0.3) is 5.91 Å². The van der Waals surface area contributed by atoms with Crippen LogP contribution in [0.3, 0.4) is 0 Å². The maximum Gasteiger partial charge on any atom is 0.253 e. The molecule has 0 atom stereocenters. The SMILES string of the molecule is NCc1ccc(C(=O)N2CCC(Oc3ccccc3Cl)CC2)cc1. The molecule has 1 aliphatic heterocycles. The molecule has 3 rings (SSSR count). The van der Waals surface area contributed by atoms with E-state index in [2.05, 4.69) is 0 Å². The zero-order valence-electron chi connectivity index (χ0n) is 13.5. The summed E-state index contributed by atoms with van der Waals surface area (Å²) in [6, 6.07) is 15.0. The Labute approximate surface area is 147 Å². The van der Waals surface area contributed by atoms with E-state index in [9.17, 15) is 4.79 Å². The minimum Gasteiger partial charge on any atom is -0.489 e. The Kier molecular flexibility index (Phi) is 5.38. The minimum atomic E-state index is 0.0646. The van der Waals surface area contributed by atoms with E-state index in [0.29, 0.717) is 36.0 Å². The molecule has 2 aromatic rings. The van der Waals surface area contributed by atoms with Gasteiger partial charge in [0.05, 0.1) is 5.02 Å². The molecule has 2 aromatic carbocycles. The zero-order valence-corrected chi connectivity index (χ0v) is 14.2. The lowest BCUT2D eigenvalue weighted by atomic mass is 10.1. The largest absolute Gasteiger partial charge is 0.489 e. The molecule has 0 radical (unpaired) electrons. The number of likely N-dealkylation sites (tertiary alicyclic amines) is 1. The molecule has 0 spiro atoms. The molecule has 0 bridgehead atoms. The first-order valence-electron chi connectivity index (χ1n) is 8.17. The molecule has 0 saturated carbocycles. The minimum absolute atomic E-state index is 0.0646. The zero-order chi connectivity index (χ0) is 16.9. The first kappa shape index (κ1) is 16.8. The first-order chi connectivity index (χ1) is 11.7. The molecule has 2 N–H and O–H groups in total. The van der Waals surface area contributed by atoms with E-state index in [0.717, 1.165) is 18.4 Å². The molecule has 1 saturated heterocycles. The van der Waals surface area contributed by atoms with Gasteiger partial charge < -0.3 is 15.4 Å². The molecule has 5 heteroatoms. The monoisotopic (exact) mass is 344 g/mol. The molecule has 4 nitrogen and oxygen atoms in total. The number of nitrogens with zero attached hydrogens (tertiary/aromatic N) is 1. The number of hydrogen-bond donors (Lipinski definition) is 1. The fraction of sp³-hybridized carbons (Fsp3) is 0.316. The van der Waals surface area contributed by atoms with Gasteiger partial charge >= 0.3 is 0 Å². The fourth-order valence-electron chi connectivity index (χ4n) is 2.86. The molecule has 24 heavy (non-hydrogen) atoms. The van der Waals surface area contributed by atoms with Crippen LogP contribution in [0, 0.1) is 0 Å². The van der Waals surface area contributed by atoms with Crippen LogP contribution < -0.4 is 10.5 Å². The van der Waals surface area contributed by atoms with E-state index >= 15 is 0 Å². The average Bonchev–Trinajstić information content (AvgIpc) is 2.64. The van der Waals surface area contributed by atoms with Crippen LogP contribution in [-0.2, 0) is 6.54 Å². The summed E-state index contributed by atoms with van der Waals surface area (Å²) in [6.07, 6.45) is 1.70. The number of para-hydroxylation sites is 1. The van der Waals surface area contributed by atoms with Crippen molar-refractivity contribution in [1.82, 2.24) is 4.90 Å². The highest BCUT2D eigenvalue weighted by molar-refractivity contribution is 6.32. The van der Waals surface area contributed by atoms with Crippen molar-refractivity contribution in [2.24, 2.45) is 5.73 Å². The van der Waals surface area contributed by atoms with Crippen LogP contribution in [0.4, 0.5) is 0 Å². The van der Waals surface area contributed by atoms with Crippen LogP contribution in [0.2, 0.25) is 5.02 Å². The van der Waals surface area contributed by atoms with Crippen molar-refractivity contribution in [3.63, 3.8) is 0 Å². The molecule has 1 aliphatic rings. The fourth-order valence-corrected chi connectivity index (χ4v) is 3.04. The standard InChI is InChI=1S/C19H21ClN2O2/c20-17-3-1-2-4-18(17)24-16-9-11-22(12-10-16)19(23)15-7-5-14(13-21)6-8-15/h1-8,16H,9-13,21H2. The summed E-state index contributed by atoms with van der Waals surface area (Å²) < 4.78 is 5.97. The highest BCUT2D eigenvalue weighted by Crippen LogP contribution is 2.27. The molecule has 1 heterocycles.